The monoisotopic (exact) mass is 820 g/mol. The molecule has 0 radical (unpaired) electrons. The predicted octanol–water partition coefficient (Wildman–Crippen LogP) is 9.89. The van der Waals surface area contributed by atoms with E-state index in [0.717, 1.165) is 30.9 Å². The van der Waals surface area contributed by atoms with E-state index >= 15 is 0 Å². The van der Waals surface area contributed by atoms with Crippen molar-refractivity contribution in [2.24, 2.45) is 11.8 Å². The number of methoxy groups -OCH3 is 1. The molecule has 1 saturated carbocycles. The molecule has 3 rings (SSSR count). The van der Waals surface area contributed by atoms with Crippen LogP contribution in [0.25, 0.3) is 6.08 Å². The minimum absolute atomic E-state index is 0.00461. The van der Waals surface area contributed by atoms with Crippen LogP contribution >= 0.6 is 0 Å². The average molecular weight is 821 g/mol. The largest absolute Gasteiger partial charge is 0.493 e. The van der Waals surface area contributed by atoms with E-state index in [4.69, 9.17) is 18.9 Å². The van der Waals surface area contributed by atoms with Gasteiger partial charge in [-0.15, -0.1) is 10.1 Å². The maximum Gasteiger partial charge on any atom is 0.416 e. The van der Waals surface area contributed by atoms with Crippen LogP contribution in [0, 0.1) is 22.0 Å². The van der Waals surface area contributed by atoms with E-state index in [-0.39, 0.29) is 43.5 Å². The number of alkyl halides is 3. The molecule has 3 atom stereocenters. The Bertz CT molecular complexity index is 1630. The zero-order chi connectivity index (χ0) is 43.3. The number of allylic oxidation sites excluding steroid dienone is 3. The molecule has 15 heteroatoms. The summed E-state index contributed by atoms with van der Waals surface area (Å²) in [7, 11) is 1.43. The molecule has 1 amide bonds. The Morgan fingerprint density at radius 1 is 0.983 bits per heavy atom. The van der Waals surface area contributed by atoms with Gasteiger partial charge < -0.3 is 29.1 Å². The summed E-state index contributed by atoms with van der Waals surface area (Å²) < 4.78 is 58.7. The summed E-state index contributed by atoms with van der Waals surface area (Å²) >= 11 is 0. The molecule has 1 aliphatic rings. The Labute approximate surface area is 339 Å². The van der Waals surface area contributed by atoms with Gasteiger partial charge in [0.15, 0.2) is 11.5 Å². The van der Waals surface area contributed by atoms with Crippen molar-refractivity contribution < 1.29 is 56.4 Å². The normalized spacial score (nSPS) is 15.5. The molecule has 3 unspecified atom stereocenters. The van der Waals surface area contributed by atoms with Crippen molar-refractivity contribution in [3.8, 4) is 17.2 Å². The number of benzene rings is 2. The second kappa shape index (κ2) is 29.0. The molecule has 0 saturated heterocycles. The summed E-state index contributed by atoms with van der Waals surface area (Å²) in [4.78, 5) is 50.1. The lowest BCUT2D eigenvalue weighted by molar-refractivity contribution is -0.757. The van der Waals surface area contributed by atoms with Crippen molar-refractivity contribution in [2.75, 3.05) is 26.9 Å². The van der Waals surface area contributed by atoms with Gasteiger partial charge in [0, 0.05) is 12.8 Å². The van der Waals surface area contributed by atoms with Gasteiger partial charge in [-0.3, -0.25) is 9.59 Å². The van der Waals surface area contributed by atoms with Gasteiger partial charge in [-0.05, 0) is 99.8 Å². The van der Waals surface area contributed by atoms with Gasteiger partial charge in [0.25, 0.3) is 5.09 Å². The van der Waals surface area contributed by atoms with Gasteiger partial charge in [-0.2, -0.15) is 13.2 Å². The van der Waals surface area contributed by atoms with E-state index < -0.39 is 34.8 Å². The molecule has 2 aromatic rings. The third-order valence-electron chi connectivity index (χ3n) is 8.54. The van der Waals surface area contributed by atoms with Crippen LogP contribution in [0.15, 0.2) is 72.8 Å². The van der Waals surface area contributed by atoms with E-state index in [2.05, 4.69) is 29.2 Å². The zero-order valence-electron chi connectivity index (χ0n) is 34.4. The number of rotatable bonds is 21. The van der Waals surface area contributed by atoms with Gasteiger partial charge in [-0.25, -0.2) is 4.79 Å². The van der Waals surface area contributed by atoms with Gasteiger partial charge in [0.2, 0.25) is 5.91 Å². The molecule has 1 N–H and O–H groups in total. The summed E-state index contributed by atoms with van der Waals surface area (Å²) in [6.45, 7) is 9.97. The van der Waals surface area contributed by atoms with Crippen LogP contribution in [-0.2, 0) is 30.1 Å². The molecule has 0 bridgehead atoms. The first-order valence-electron chi connectivity index (χ1n) is 19.6. The summed E-state index contributed by atoms with van der Waals surface area (Å²) in [6, 6.07) is 9.07. The van der Waals surface area contributed by atoms with Crippen LogP contribution in [0.3, 0.4) is 0 Å². The molecule has 322 valence electrons. The van der Waals surface area contributed by atoms with Gasteiger partial charge in [-0.1, -0.05) is 76.1 Å². The highest BCUT2D eigenvalue weighted by molar-refractivity contribution is 5.85. The molecule has 2 aromatic carbocycles. The van der Waals surface area contributed by atoms with Crippen molar-refractivity contribution in [2.45, 2.75) is 105 Å². The molecule has 58 heavy (non-hydrogen) atoms. The first kappa shape index (κ1) is 50.7. The zero-order valence-corrected chi connectivity index (χ0v) is 34.4. The summed E-state index contributed by atoms with van der Waals surface area (Å²) in [6.07, 6.45) is 13.7. The van der Waals surface area contributed by atoms with Crippen molar-refractivity contribution >= 4 is 23.9 Å². The smallest absolute Gasteiger partial charge is 0.416 e. The third-order valence-corrected chi connectivity index (χ3v) is 8.54. The van der Waals surface area contributed by atoms with Crippen LogP contribution in [0.1, 0.15) is 104 Å². The Balaban J connectivity index is 0.000000619. The highest BCUT2D eigenvalue weighted by Crippen LogP contribution is 2.33. The number of hydrogen-bond donors (Lipinski definition) is 1. The summed E-state index contributed by atoms with van der Waals surface area (Å²) in [5.74, 6) is 0.832. The van der Waals surface area contributed by atoms with Crippen LogP contribution < -0.4 is 19.5 Å². The second-order valence-electron chi connectivity index (χ2n) is 13.0. The fraction of sp³-hybridized carbons (Fsp3) is 0.512. The number of unbranched alkanes of at least 4 members (excludes halogenated alkanes) is 1. The quantitative estimate of drug-likeness (QED) is 0.0322. The average Bonchev–Trinajstić information content (AvgIpc) is 3.61. The number of halogens is 3. The lowest BCUT2D eigenvalue weighted by Crippen LogP contribution is -2.40. The Hall–Kier alpha value is -5.34. The molecule has 0 aromatic heterocycles. The Morgan fingerprint density at radius 3 is 2.40 bits per heavy atom. The molecule has 0 spiro atoms. The summed E-state index contributed by atoms with van der Waals surface area (Å²) in [5, 5.41) is 11.7. The van der Waals surface area contributed by atoms with Crippen LogP contribution in [-0.4, -0.2) is 55.9 Å². The predicted molar refractivity (Wildman–Crippen MR) is 216 cm³/mol. The third kappa shape index (κ3) is 21.8. The maximum absolute atomic E-state index is 12.6. The van der Waals surface area contributed by atoms with E-state index in [1.807, 2.05) is 32.9 Å². The Kier molecular flexibility index (Phi) is 25.3. The lowest BCUT2D eigenvalue weighted by atomic mass is 9.97. The number of nitrogens with one attached hydrogen (secondary N) is 1. The van der Waals surface area contributed by atoms with Gasteiger partial charge >= 0.3 is 18.1 Å². The van der Waals surface area contributed by atoms with Gasteiger partial charge in [0.1, 0.15) is 18.4 Å². The van der Waals surface area contributed by atoms with Crippen LogP contribution in [0.5, 0.6) is 17.2 Å². The SMILES string of the molecule is C/C=C\CCCC(=O)NC(C)C(=O)Oc1ccc(/C=C/COC(=O)CCCO[N+](=O)[O-])cc1OC.CC.CC1CCCC1/C=C/CCOc1cccc(C(F)(F)F)c1. The molecule has 1 fully saturated rings. The van der Waals surface area contributed by atoms with E-state index in [1.54, 1.807) is 43.3 Å². The summed E-state index contributed by atoms with van der Waals surface area (Å²) in [5.41, 5.74) is 0.0369. The second-order valence-corrected chi connectivity index (χ2v) is 13.0. The first-order valence-corrected chi connectivity index (χ1v) is 19.6. The maximum atomic E-state index is 12.6. The topological polar surface area (TPSA) is 153 Å². The number of carbonyl (C=O) groups is 3. The molecular weight excluding hydrogens is 761 g/mol. The van der Waals surface area contributed by atoms with Crippen LogP contribution in [0.2, 0.25) is 0 Å². The number of ether oxygens (including phenoxy) is 4. The highest BCUT2D eigenvalue weighted by Gasteiger charge is 2.30. The minimum atomic E-state index is -4.32. The van der Waals surface area contributed by atoms with Crippen molar-refractivity contribution in [1.29, 1.82) is 0 Å². The molecular formula is C43H59F3N2O10. The van der Waals surface area contributed by atoms with E-state index in [9.17, 15) is 37.7 Å². The van der Waals surface area contributed by atoms with E-state index in [0.29, 0.717) is 36.7 Å². The number of nitrogens with zero attached hydrogens (tertiary/aromatic N) is 1. The molecule has 0 aliphatic heterocycles. The highest BCUT2D eigenvalue weighted by atomic mass is 19.4. The molecule has 0 heterocycles. The number of hydrogen-bond acceptors (Lipinski definition) is 10. The molecule has 12 nitrogen and oxygen atoms in total. The standard InChI is InChI=1S/C24H32N2O9.C17H21F3O.C2H6/c1-4-5-6-7-11-22(27)25-18(2)24(29)35-20-14-13-19(17-21(20)32-3)10-8-15-33-23(28)12-9-16-34-26(30)31;1-13-6-4-8-14(13)7-2-3-11-21-16-10-5-9-15(12-16)17(18,19)20;1-2/h4-5,8,10,13-14,17-18H,6-7,9,11-12,15-16H2,1-3H3,(H,25,27);2,5,7,9-10,12-14H,3-4,6,8,11H2,1H3;1-2H3/b5-4-,10-8+;7-2+;. The first-order chi connectivity index (χ1) is 27.7. The van der Waals surface area contributed by atoms with E-state index in [1.165, 1.54) is 32.4 Å². The minimum Gasteiger partial charge on any atom is -0.493 e. The van der Waals surface area contributed by atoms with Crippen molar-refractivity contribution in [3.05, 3.63) is 94.1 Å². The lowest BCUT2D eigenvalue weighted by Gasteiger charge is -2.15. The van der Waals surface area contributed by atoms with Gasteiger partial charge in [0.05, 0.1) is 25.9 Å². The van der Waals surface area contributed by atoms with Crippen molar-refractivity contribution in [3.63, 3.8) is 0 Å². The molecule has 1 aliphatic carbocycles. The number of esters is 2. The van der Waals surface area contributed by atoms with Crippen LogP contribution in [0.4, 0.5) is 13.2 Å². The fourth-order valence-electron chi connectivity index (χ4n) is 5.48. The Morgan fingerprint density at radius 2 is 1.74 bits per heavy atom. The number of carbonyl (C=O) groups excluding carboxylic acids is 3. The number of amides is 1. The van der Waals surface area contributed by atoms with Crippen molar-refractivity contribution in [1.82, 2.24) is 5.32 Å². The fourth-order valence-corrected chi connectivity index (χ4v) is 5.48.